The average Bonchev–Trinajstić information content (AvgIpc) is 1.63. The normalized spacial score (nSPS) is 11.8. The topological polar surface area (TPSA) is 102 Å². The molecule has 0 radical (unpaired) electrons. The highest BCUT2D eigenvalue weighted by molar-refractivity contribution is 7.87. The zero-order valence-corrected chi connectivity index (χ0v) is 5.39. The molecule has 0 aliphatic carbocycles. The summed E-state index contributed by atoms with van der Waals surface area (Å²) in [4.78, 5) is 5.65. The fourth-order valence-corrected chi connectivity index (χ4v) is 0.417. The molecule has 0 heterocycles. The van der Waals surface area contributed by atoms with E-state index in [0.717, 1.165) is 0 Å². The van der Waals surface area contributed by atoms with E-state index in [0.29, 0.717) is 0 Å². The van der Waals surface area contributed by atoms with E-state index in [1.165, 1.54) is 4.89 Å². The molecule has 0 atom stereocenters. The molecule has 0 amide bonds. The van der Waals surface area contributed by atoms with Gasteiger partial charge in [-0.3, -0.25) is 4.84 Å². The number of nitrogens with two attached hydrogens (primary N) is 1. The van der Waals surface area contributed by atoms with E-state index in [2.05, 4.69) is 9.98 Å². The molecule has 0 spiro atoms. The number of rotatable bonds is 4. The third kappa shape index (κ3) is 7.79. The van der Waals surface area contributed by atoms with Crippen molar-refractivity contribution in [3.63, 3.8) is 0 Å². The van der Waals surface area contributed by atoms with Gasteiger partial charge in [-0.05, 0) is 0 Å². The Labute approximate surface area is 52.8 Å². The van der Waals surface area contributed by atoms with Gasteiger partial charge in [-0.2, -0.15) is 8.42 Å². The summed E-state index contributed by atoms with van der Waals surface area (Å²) < 4.78 is 19.9. The van der Waals surface area contributed by atoms with Crippen LogP contribution >= 0.6 is 0 Å². The van der Waals surface area contributed by atoms with Gasteiger partial charge >= 0.3 is 0 Å². The zero-order valence-electron chi connectivity index (χ0n) is 4.57. The number of hydrogen-bond acceptors (Lipinski definition) is 4. The summed E-state index contributed by atoms with van der Waals surface area (Å²) in [6, 6.07) is 0. The molecule has 0 unspecified atom stereocenters. The summed E-state index contributed by atoms with van der Waals surface area (Å²) in [5.41, 5.74) is 0. The molecule has 0 aliphatic heterocycles. The predicted molar refractivity (Wildman–Crippen MR) is 29.3 cm³/mol. The van der Waals surface area contributed by atoms with Crippen LogP contribution in [0.1, 0.15) is 0 Å². The number of aliphatic hydroxyl groups is 1. The smallest absolute Gasteiger partial charge is 0.296 e. The van der Waals surface area contributed by atoms with Crippen LogP contribution in [0.5, 0.6) is 0 Å². The molecule has 0 aromatic rings. The summed E-state index contributed by atoms with van der Waals surface area (Å²) >= 11 is 0. The molecule has 4 N–H and O–H groups in total. The van der Waals surface area contributed by atoms with Gasteiger partial charge in [0.1, 0.15) is 0 Å². The average molecular weight is 156 g/mol. The van der Waals surface area contributed by atoms with E-state index in [4.69, 9.17) is 5.11 Å². The molecule has 0 saturated heterocycles. The van der Waals surface area contributed by atoms with Crippen LogP contribution in [0.2, 0.25) is 0 Å². The molecule has 0 saturated carbocycles. The summed E-state index contributed by atoms with van der Waals surface area (Å²) in [7, 11) is -3.78. The van der Waals surface area contributed by atoms with Gasteiger partial charge in [0.05, 0.1) is 13.2 Å². The predicted octanol–water partition coefficient (Wildman–Crippen LogP) is -2.30. The molecule has 0 rings (SSSR count). The van der Waals surface area contributed by atoms with Gasteiger partial charge in [-0.15, -0.1) is 0 Å². The van der Waals surface area contributed by atoms with E-state index in [1.807, 2.05) is 0 Å². The third-order valence-corrected chi connectivity index (χ3v) is 0.719. The van der Waals surface area contributed by atoms with Crippen LogP contribution in [0.15, 0.2) is 0 Å². The standard InChI is InChI=1S/C2H8N2O4S/c3-9(6,7)4-8-2-1-5/h4-5H,1-2H2,(H2,3,6,7). The summed E-state index contributed by atoms with van der Waals surface area (Å²) in [6.07, 6.45) is 0. The van der Waals surface area contributed by atoms with Crippen molar-refractivity contribution in [2.75, 3.05) is 13.2 Å². The zero-order chi connectivity index (χ0) is 7.33. The summed E-state index contributed by atoms with van der Waals surface area (Å²) in [5.74, 6) is 0. The Morgan fingerprint density at radius 1 is 1.67 bits per heavy atom. The Morgan fingerprint density at radius 2 is 2.22 bits per heavy atom. The quantitative estimate of drug-likeness (QED) is 0.315. The second kappa shape index (κ2) is 3.75. The van der Waals surface area contributed by atoms with Crippen LogP contribution < -0.4 is 10.0 Å². The minimum absolute atomic E-state index is 0.115. The Morgan fingerprint density at radius 3 is 2.56 bits per heavy atom. The van der Waals surface area contributed by atoms with Crippen LogP contribution in [0.25, 0.3) is 0 Å². The molecule has 0 aliphatic rings. The van der Waals surface area contributed by atoms with Crippen LogP contribution in [0.3, 0.4) is 0 Å². The molecule has 9 heavy (non-hydrogen) atoms. The molecule has 0 bridgehead atoms. The van der Waals surface area contributed by atoms with E-state index in [1.54, 1.807) is 0 Å². The van der Waals surface area contributed by atoms with Gasteiger partial charge in [0.2, 0.25) is 0 Å². The van der Waals surface area contributed by atoms with Gasteiger partial charge in [-0.25, -0.2) is 5.14 Å². The molecule has 56 valence electrons. The second-order valence-electron chi connectivity index (χ2n) is 1.20. The highest BCUT2D eigenvalue weighted by atomic mass is 32.2. The van der Waals surface area contributed by atoms with Crippen molar-refractivity contribution in [3.8, 4) is 0 Å². The number of nitrogens with one attached hydrogen (secondary N) is 1. The monoisotopic (exact) mass is 156 g/mol. The van der Waals surface area contributed by atoms with E-state index < -0.39 is 10.2 Å². The highest BCUT2D eigenvalue weighted by Gasteiger charge is 1.97. The Hall–Kier alpha value is -0.210. The number of hydrogen-bond donors (Lipinski definition) is 3. The first-order chi connectivity index (χ1) is 4.06. The molecule has 7 heteroatoms. The first-order valence-electron chi connectivity index (χ1n) is 2.08. The van der Waals surface area contributed by atoms with Crippen LogP contribution in [0, 0.1) is 0 Å². The Kier molecular flexibility index (Phi) is 3.66. The van der Waals surface area contributed by atoms with Crippen LogP contribution in [-0.4, -0.2) is 26.7 Å². The van der Waals surface area contributed by atoms with E-state index >= 15 is 0 Å². The van der Waals surface area contributed by atoms with Gasteiger partial charge in [-0.1, -0.05) is 4.89 Å². The molecule has 0 aromatic carbocycles. The van der Waals surface area contributed by atoms with Crippen molar-refractivity contribution in [3.05, 3.63) is 0 Å². The van der Waals surface area contributed by atoms with Crippen molar-refractivity contribution in [1.82, 2.24) is 4.89 Å². The van der Waals surface area contributed by atoms with Gasteiger partial charge in [0.15, 0.2) is 0 Å². The van der Waals surface area contributed by atoms with Gasteiger partial charge in [0, 0.05) is 0 Å². The highest BCUT2D eigenvalue weighted by Crippen LogP contribution is 1.68. The second-order valence-corrected chi connectivity index (χ2v) is 2.46. The van der Waals surface area contributed by atoms with Crippen molar-refractivity contribution in [2.45, 2.75) is 0 Å². The van der Waals surface area contributed by atoms with E-state index in [9.17, 15) is 8.42 Å². The van der Waals surface area contributed by atoms with Crippen LogP contribution in [-0.2, 0) is 15.0 Å². The van der Waals surface area contributed by atoms with Gasteiger partial charge in [0.25, 0.3) is 10.2 Å². The van der Waals surface area contributed by atoms with Crippen molar-refractivity contribution >= 4 is 10.2 Å². The largest absolute Gasteiger partial charge is 0.394 e. The van der Waals surface area contributed by atoms with Crippen molar-refractivity contribution < 1.29 is 18.4 Å². The van der Waals surface area contributed by atoms with Crippen molar-refractivity contribution in [2.24, 2.45) is 5.14 Å². The minimum Gasteiger partial charge on any atom is -0.394 e. The molecular weight excluding hydrogens is 148 g/mol. The van der Waals surface area contributed by atoms with E-state index in [-0.39, 0.29) is 13.2 Å². The maximum absolute atomic E-state index is 9.97. The maximum atomic E-state index is 9.97. The fourth-order valence-electron chi connectivity index (χ4n) is 0.169. The lowest BCUT2D eigenvalue weighted by Gasteiger charge is -1.98. The first-order valence-corrected chi connectivity index (χ1v) is 3.63. The molecule has 0 aromatic heterocycles. The van der Waals surface area contributed by atoms with Crippen LogP contribution in [0.4, 0.5) is 0 Å². The Balaban J connectivity index is 3.30. The first kappa shape index (κ1) is 8.79. The Bertz CT molecular complexity index is 152. The lowest BCUT2D eigenvalue weighted by atomic mass is 10.8. The minimum atomic E-state index is -3.78. The van der Waals surface area contributed by atoms with Crippen molar-refractivity contribution in [1.29, 1.82) is 0 Å². The lowest BCUT2D eigenvalue weighted by Crippen LogP contribution is -2.31. The summed E-state index contributed by atoms with van der Waals surface area (Å²) in [5, 5.41) is 12.5. The lowest BCUT2D eigenvalue weighted by molar-refractivity contribution is 0.0602. The van der Waals surface area contributed by atoms with Gasteiger partial charge < -0.3 is 5.11 Å². The summed E-state index contributed by atoms with van der Waals surface area (Å²) in [6.45, 7) is -0.376. The molecule has 6 nitrogen and oxygen atoms in total. The fraction of sp³-hybridized carbons (Fsp3) is 1.00. The maximum Gasteiger partial charge on any atom is 0.296 e. The third-order valence-electron chi connectivity index (χ3n) is 0.368. The SMILES string of the molecule is NS(=O)(=O)NOCCO. The molecular formula is C2H8N2O4S. The number of aliphatic hydroxyl groups excluding tert-OH is 1. The molecule has 0 fully saturated rings.